The minimum Gasteiger partial charge on any atom is -0.298 e. The highest BCUT2D eigenvalue weighted by atomic mass is 35.5. The molecule has 0 heterocycles. The molecule has 0 aliphatic heterocycles. The lowest BCUT2D eigenvalue weighted by atomic mass is 10.4. The topological polar surface area (TPSA) is 3.24 Å². The van der Waals surface area contributed by atoms with Crippen molar-refractivity contribution in [1.82, 2.24) is 4.90 Å². The molecule has 1 nitrogen and oxygen atoms in total. The van der Waals surface area contributed by atoms with Crippen LogP contribution in [0.4, 0.5) is 13.2 Å². The molecule has 5 heteroatoms. The number of rotatable bonds is 4. The molecule has 0 aromatic heterocycles. The minimum absolute atomic E-state index is 0.392. The van der Waals surface area contributed by atoms with Gasteiger partial charge in [-0.2, -0.15) is 13.2 Å². The molecule has 0 bridgehead atoms. The van der Waals surface area contributed by atoms with Gasteiger partial charge in [-0.05, 0) is 20.0 Å². The number of halogens is 4. The number of alkyl halides is 4. The highest BCUT2D eigenvalue weighted by molar-refractivity contribution is 6.17. The van der Waals surface area contributed by atoms with Crippen LogP contribution in [0.3, 0.4) is 0 Å². The summed E-state index contributed by atoms with van der Waals surface area (Å²) < 4.78 is 35.0. The Bertz CT molecular complexity index is 104. The van der Waals surface area contributed by atoms with Crippen molar-refractivity contribution in [2.45, 2.75) is 12.6 Å². The summed E-state index contributed by atoms with van der Waals surface area (Å²) in [6.45, 7) is -0.465. The molecule has 0 amide bonds. The second kappa shape index (κ2) is 4.83. The Morgan fingerprint density at radius 3 is 2.27 bits per heavy atom. The van der Waals surface area contributed by atoms with Gasteiger partial charge in [-0.25, -0.2) is 0 Å². The highest BCUT2D eigenvalue weighted by Gasteiger charge is 2.28. The van der Waals surface area contributed by atoms with E-state index in [0.717, 1.165) is 0 Å². The van der Waals surface area contributed by atoms with E-state index in [1.807, 2.05) is 0 Å². The molecule has 0 aromatic rings. The zero-order valence-electron chi connectivity index (χ0n) is 6.29. The summed E-state index contributed by atoms with van der Waals surface area (Å²) in [7, 11) is 1.43. The third kappa shape index (κ3) is 7.94. The Hall–Kier alpha value is 0.0400. The Kier molecular flexibility index (Phi) is 4.84. The zero-order chi connectivity index (χ0) is 8.91. The van der Waals surface area contributed by atoms with Gasteiger partial charge in [0.1, 0.15) is 0 Å². The van der Waals surface area contributed by atoms with Crippen molar-refractivity contribution in [2.24, 2.45) is 0 Å². The van der Waals surface area contributed by atoms with Crippen LogP contribution in [0.5, 0.6) is 0 Å². The number of hydrogen-bond donors (Lipinski definition) is 0. The first kappa shape index (κ1) is 11.0. The van der Waals surface area contributed by atoms with Gasteiger partial charge in [0.05, 0.1) is 6.54 Å². The second-order valence-corrected chi connectivity index (χ2v) is 2.77. The molecule has 0 spiro atoms. The van der Waals surface area contributed by atoms with Crippen LogP contribution >= 0.6 is 11.6 Å². The quantitative estimate of drug-likeness (QED) is 0.613. The van der Waals surface area contributed by atoms with Crippen LogP contribution in [0.1, 0.15) is 6.42 Å². The smallest absolute Gasteiger partial charge is 0.298 e. The molecule has 0 fully saturated rings. The van der Waals surface area contributed by atoms with Crippen molar-refractivity contribution < 1.29 is 13.2 Å². The highest BCUT2D eigenvalue weighted by Crippen LogP contribution is 2.15. The molecule has 0 N–H and O–H groups in total. The maximum absolute atomic E-state index is 11.7. The van der Waals surface area contributed by atoms with E-state index < -0.39 is 12.7 Å². The summed E-state index contributed by atoms with van der Waals surface area (Å²) in [6, 6.07) is 0. The van der Waals surface area contributed by atoms with Crippen molar-refractivity contribution in [3.05, 3.63) is 0 Å². The average Bonchev–Trinajstić information content (AvgIpc) is 1.79. The fourth-order valence-corrected chi connectivity index (χ4v) is 0.834. The van der Waals surface area contributed by atoms with Crippen LogP contribution in [0, 0.1) is 0 Å². The lowest BCUT2D eigenvalue weighted by molar-refractivity contribution is -0.142. The Morgan fingerprint density at radius 2 is 1.91 bits per heavy atom. The SMILES string of the molecule is CN(CCCCl)CC(F)(F)F. The molecule has 11 heavy (non-hydrogen) atoms. The van der Waals surface area contributed by atoms with E-state index in [4.69, 9.17) is 11.6 Å². The van der Waals surface area contributed by atoms with Gasteiger partial charge in [0.15, 0.2) is 0 Å². The molecule has 0 rings (SSSR count). The lowest BCUT2D eigenvalue weighted by Crippen LogP contribution is -2.31. The maximum Gasteiger partial charge on any atom is 0.401 e. The number of hydrogen-bond acceptors (Lipinski definition) is 1. The molecule has 68 valence electrons. The van der Waals surface area contributed by atoms with E-state index in [1.54, 1.807) is 0 Å². The van der Waals surface area contributed by atoms with Crippen molar-refractivity contribution >= 4 is 11.6 Å². The molecule has 0 saturated heterocycles. The van der Waals surface area contributed by atoms with Crippen LogP contribution in [0.15, 0.2) is 0 Å². The van der Waals surface area contributed by atoms with Gasteiger partial charge < -0.3 is 0 Å². The molecule has 0 radical (unpaired) electrons. The van der Waals surface area contributed by atoms with Gasteiger partial charge in [0.25, 0.3) is 0 Å². The average molecular weight is 190 g/mol. The standard InChI is InChI=1S/C6H11ClF3N/c1-11(4-2-3-7)5-6(8,9)10/h2-5H2,1H3. The third-order valence-corrected chi connectivity index (χ3v) is 1.39. The molecule has 0 aliphatic carbocycles. The molecule has 0 saturated carbocycles. The van der Waals surface area contributed by atoms with Crippen molar-refractivity contribution in [2.75, 3.05) is 26.0 Å². The Labute approximate surface area is 69.1 Å². The Balaban J connectivity index is 3.44. The lowest BCUT2D eigenvalue weighted by Gasteiger charge is -2.17. The van der Waals surface area contributed by atoms with Crippen molar-refractivity contribution in [3.63, 3.8) is 0 Å². The van der Waals surface area contributed by atoms with Crippen LogP contribution < -0.4 is 0 Å². The largest absolute Gasteiger partial charge is 0.401 e. The third-order valence-electron chi connectivity index (χ3n) is 1.12. The van der Waals surface area contributed by atoms with Crippen molar-refractivity contribution in [1.29, 1.82) is 0 Å². The zero-order valence-corrected chi connectivity index (χ0v) is 7.04. The molecular weight excluding hydrogens is 179 g/mol. The Morgan fingerprint density at radius 1 is 1.36 bits per heavy atom. The van der Waals surface area contributed by atoms with E-state index in [2.05, 4.69) is 0 Å². The molecule has 0 atom stereocenters. The van der Waals surface area contributed by atoms with E-state index in [0.29, 0.717) is 18.8 Å². The van der Waals surface area contributed by atoms with Gasteiger partial charge in [-0.15, -0.1) is 11.6 Å². The van der Waals surface area contributed by atoms with Gasteiger partial charge in [0.2, 0.25) is 0 Å². The fourth-order valence-electron chi connectivity index (χ4n) is 0.715. The molecular formula is C6H11ClF3N. The summed E-state index contributed by atoms with van der Waals surface area (Å²) in [5.74, 6) is 0.405. The summed E-state index contributed by atoms with van der Waals surface area (Å²) in [5.41, 5.74) is 0. The van der Waals surface area contributed by atoms with Gasteiger partial charge in [-0.1, -0.05) is 0 Å². The predicted octanol–water partition coefficient (Wildman–Crippen LogP) is 2.11. The van der Waals surface area contributed by atoms with Gasteiger partial charge in [-0.3, -0.25) is 4.90 Å². The summed E-state index contributed by atoms with van der Waals surface area (Å²) >= 11 is 5.31. The van der Waals surface area contributed by atoms with Crippen LogP contribution in [0.2, 0.25) is 0 Å². The summed E-state index contributed by atoms with van der Waals surface area (Å²) in [6.07, 6.45) is -3.50. The number of nitrogens with zero attached hydrogens (tertiary/aromatic N) is 1. The second-order valence-electron chi connectivity index (χ2n) is 2.40. The van der Waals surface area contributed by atoms with Crippen LogP contribution in [-0.2, 0) is 0 Å². The molecule has 0 aromatic carbocycles. The van der Waals surface area contributed by atoms with E-state index in [9.17, 15) is 13.2 Å². The monoisotopic (exact) mass is 189 g/mol. The predicted molar refractivity (Wildman–Crippen MR) is 38.9 cm³/mol. The maximum atomic E-state index is 11.7. The normalized spacial score (nSPS) is 12.5. The van der Waals surface area contributed by atoms with Crippen molar-refractivity contribution in [3.8, 4) is 0 Å². The minimum atomic E-state index is -4.10. The van der Waals surface area contributed by atoms with Gasteiger partial charge in [0, 0.05) is 5.88 Å². The fraction of sp³-hybridized carbons (Fsp3) is 1.00. The summed E-state index contributed by atoms with van der Waals surface area (Å²) in [5, 5.41) is 0. The van der Waals surface area contributed by atoms with Crippen LogP contribution in [0.25, 0.3) is 0 Å². The molecule has 0 unspecified atom stereocenters. The molecule has 0 aliphatic rings. The summed E-state index contributed by atoms with van der Waals surface area (Å²) in [4.78, 5) is 1.21. The van der Waals surface area contributed by atoms with E-state index in [1.165, 1.54) is 11.9 Å². The van der Waals surface area contributed by atoms with Crippen LogP contribution in [-0.4, -0.2) is 37.1 Å². The van der Waals surface area contributed by atoms with E-state index >= 15 is 0 Å². The van der Waals surface area contributed by atoms with Gasteiger partial charge >= 0.3 is 6.18 Å². The first-order chi connectivity index (χ1) is 4.95. The first-order valence-corrected chi connectivity index (χ1v) is 3.80. The first-order valence-electron chi connectivity index (χ1n) is 3.27. The van der Waals surface area contributed by atoms with E-state index in [-0.39, 0.29) is 0 Å².